The normalized spacial score (nSPS) is 16.0. The molecule has 3 heteroatoms. The number of hydrogen-bond donors (Lipinski definition) is 0. The van der Waals surface area contributed by atoms with Crippen LogP contribution >= 0.6 is 11.6 Å². The Balaban J connectivity index is 2.07. The number of nitrogens with zero attached hydrogens (tertiary/aromatic N) is 2. The third-order valence-corrected chi connectivity index (χ3v) is 3.78. The third-order valence-electron chi connectivity index (χ3n) is 3.55. The van der Waals surface area contributed by atoms with Gasteiger partial charge in [0.05, 0.1) is 0 Å². The van der Waals surface area contributed by atoms with Crippen LogP contribution in [0.2, 0.25) is 5.02 Å². The summed E-state index contributed by atoms with van der Waals surface area (Å²) in [5, 5.41) is 0.807. The van der Waals surface area contributed by atoms with E-state index in [4.69, 9.17) is 11.6 Å². The quantitative estimate of drug-likeness (QED) is 0.776. The van der Waals surface area contributed by atoms with Crippen molar-refractivity contribution < 1.29 is 0 Å². The molecule has 0 radical (unpaired) electrons. The van der Waals surface area contributed by atoms with Crippen molar-refractivity contribution >= 4 is 23.0 Å². The second-order valence-corrected chi connectivity index (χ2v) is 5.43. The predicted octanol–water partition coefficient (Wildman–Crippen LogP) is 3.92. The summed E-state index contributed by atoms with van der Waals surface area (Å²) >= 11 is 6.13. The van der Waals surface area contributed by atoms with Crippen molar-refractivity contribution in [3.05, 3.63) is 59.1 Å². The number of rotatable bonds is 1. The zero-order valence-electron chi connectivity index (χ0n) is 11.0. The molecule has 0 N–H and O–H groups in total. The molecule has 0 atom stereocenters. The molecule has 3 rings (SSSR count). The van der Waals surface area contributed by atoms with E-state index in [0.717, 1.165) is 24.7 Å². The van der Waals surface area contributed by atoms with Gasteiger partial charge < -0.3 is 9.80 Å². The van der Waals surface area contributed by atoms with Gasteiger partial charge in [-0.15, -0.1) is 0 Å². The monoisotopic (exact) mass is 272 g/mol. The summed E-state index contributed by atoms with van der Waals surface area (Å²) in [7, 11) is 2.15. The van der Waals surface area contributed by atoms with Crippen molar-refractivity contribution in [3.8, 4) is 0 Å². The summed E-state index contributed by atoms with van der Waals surface area (Å²) in [6.07, 6.45) is 0. The Morgan fingerprint density at radius 3 is 2.58 bits per heavy atom. The highest BCUT2D eigenvalue weighted by Gasteiger charge is 2.19. The minimum absolute atomic E-state index is 0.807. The van der Waals surface area contributed by atoms with Crippen molar-refractivity contribution in [1.29, 1.82) is 0 Å². The van der Waals surface area contributed by atoms with E-state index in [0.29, 0.717) is 0 Å². The molecule has 2 nitrogen and oxygen atoms in total. The zero-order valence-corrected chi connectivity index (χ0v) is 11.8. The van der Waals surface area contributed by atoms with Crippen LogP contribution in [0.4, 0.5) is 11.4 Å². The average Bonchev–Trinajstić information content (AvgIpc) is 2.57. The molecule has 19 heavy (non-hydrogen) atoms. The van der Waals surface area contributed by atoms with Crippen molar-refractivity contribution in [2.45, 2.75) is 6.54 Å². The lowest BCUT2D eigenvalue weighted by Crippen LogP contribution is -2.26. The minimum atomic E-state index is 0.807. The lowest BCUT2D eigenvalue weighted by atomic mass is 10.1. The highest BCUT2D eigenvalue weighted by molar-refractivity contribution is 6.30. The van der Waals surface area contributed by atoms with Crippen LogP contribution in [0, 0.1) is 0 Å². The summed E-state index contributed by atoms with van der Waals surface area (Å²) < 4.78 is 0. The van der Waals surface area contributed by atoms with E-state index in [9.17, 15) is 0 Å². The van der Waals surface area contributed by atoms with Gasteiger partial charge in [-0.3, -0.25) is 0 Å². The summed E-state index contributed by atoms with van der Waals surface area (Å²) in [5.41, 5.74) is 3.79. The Labute approximate surface area is 119 Å². The highest BCUT2D eigenvalue weighted by Crippen LogP contribution is 2.32. The SMILES string of the molecule is CN1CCN(c2ccccc2)c2ccc(Cl)cc2C1. The molecule has 0 unspecified atom stereocenters. The number of benzene rings is 2. The van der Waals surface area contributed by atoms with Gasteiger partial charge in [0.25, 0.3) is 0 Å². The van der Waals surface area contributed by atoms with Crippen LogP contribution in [0.5, 0.6) is 0 Å². The Kier molecular flexibility index (Phi) is 3.45. The molecule has 0 aliphatic carbocycles. The van der Waals surface area contributed by atoms with Gasteiger partial charge in [0, 0.05) is 36.0 Å². The van der Waals surface area contributed by atoms with Crippen LogP contribution in [0.25, 0.3) is 0 Å². The largest absolute Gasteiger partial charge is 0.340 e. The van der Waals surface area contributed by atoms with Gasteiger partial charge in [-0.25, -0.2) is 0 Å². The molecule has 0 saturated carbocycles. The second kappa shape index (κ2) is 5.24. The molecule has 1 aliphatic rings. The van der Waals surface area contributed by atoms with Crippen molar-refractivity contribution in [2.24, 2.45) is 0 Å². The molecular formula is C16H17ClN2. The number of likely N-dealkylation sites (N-methyl/N-ethyl adjacent to an activating group) is 1. The van der Waals surface area contributed by atoms with Gasteiger partial charge in [-0.2, -0.15) is 0 Å². The first-order valence-electron chi connectivity index (χ1n) is 6.53. The fourth-order valence-corrected chi connectivity index (χ4v) is 2.78. The fourth-order valence-electron chi connectivity index (χ4n) is 2.58. The minimum Gasteiger partial charge on any atom is -0.340 e. The van der Waals surface area contributed by atoms with Crippen LogP contribution < -0.4 is 4.90 Å². The molecule has 0 spiro atoms. The van der Waals surface area contributed by atoms with Crippen LogP contribution in [-0.2, 0) is 6.54 Å². The van der Waals surface area contributed by atoms with E-state index in [1.807, 2.05) is 6.07 Å². The molecule has 0 fully saturated rings. The molecule has 1 aliphatic heterocycles. The second-order valence-electron chi connectivity index (χ2n) is 5.00. The Hall–Kier alpha value is -1.51. The first-order valence-corrected chi connectivity index (χ1v) is 6.91. The smallest absolute Gasteiger partial charge is 0.0457 e. The number of hydrogen-bond acceptors (Lipinski definition) is 2. The van der Waals surface area contributed by atoms with Gasteiger partial charge in [-0.1, -0.05) is 29.8 Å². The van der Waals surface area contributed by atoms with E-state index in [1.54, 1.807) is 0 Å². The lowest BCUT2D eigenvalue weighted by Gasteiger charge is -2.25. The van der Waals surface area contributed by atoms with E-state index in [1.165, 1.54) is 16.9 Å². The van der Waals surface area contributed by atoms with Crippen molar-refractivity contribution in [1.82, 2.24) is 4.90 Å². The van der Waals surface area contributed by atoms with Gasteiger partial charge >= 0.3 is 0 Å². The van der Waals surface area contributed by atoms with E-state index >= 15 is 0 Å². The lowest BCUT2D eigenvalue weighted by molar-refractivity contribution is 0.343. The predicted molar refractivity (Wildman–Crippen MR) is 81.2 cm³/mol. The first-order chi connectivity index (χ1) is 9.24. The number of halogens is 1. The Morgan fingerprint density at radius 1 is 1.00 bits per heavy atom. The third kappa shape index (κ3) is 2.60. The van der Waals surface area contributed by atoms with Crippen LogP contribution in [0.3, 0.4) is 0 Å². The highest BCUT2D eigenvalue weighted by atomic mass is 35.5. The number of anilines is 2. The summed E-state index contributed by atoms with van der Waals surface area (Å²) in [4.78, 5) is 4.70. The summed E-state index contributed by atoms with van der Waals surface area (Å²) in [6, 6.07) is 16.7. The van der Waals surface area contributed by atoms with Gasteiger partial charge in [0.1, 0.15) is 0 Å². The van der Waals surface area contributed by atoms with E-state index in [-0.39, 0.29) is 0 Å². The molecule has 0 bridgehead atoms. The van der Waals surface area contributed by atoms with Gasteiger partial charge in [0.2, 0.25) is 0 Å². The fraction of sp³-hybridized carbons (Fsp3) is 0.250. The van der Waals surface area contributed by atoms with E-state index in [2.05, 4.69) is 59.3 Å². The maximum absolute atomic E-state index is 6.13. The molecule has 98 valence electrons. The molecular weight excluding hydrogens is 256 g/mol. The van der Waals surface area contributed by atoms with E-state index < -0.39 is 0 Å². The van der Waals surface area contributed by atoms with Crippen LogP contribution in [0.15, 0.2) is 48.5 Å². The maximum atomic E-state index is 6.13. The average molecular weight is 273 g/mol. The molecule has 2 aromatic carbocycles. The number of para-hydroxylation sites is 1. The molecule has 0 saturated heterocycles. The zero-order chi connectivity index (χ0) is 13.2. The van der Waals surface area contributed by atoms with Crippen molar-refractivity contribution in [3.63, 3.8) is 0 Å². The molecule has 0 amide bonds. The topological polar surface area (TPSA) is 6.48 Å². The van der Waals surface area contributed by atoms with Crippen LogP contribution in [-0.4, -0.2) is 25.0 Å². The summed E-state index contributed by atoms with van der Waals surface area (Å²) in [6.45, 7) is 2.98. The Morgan fingerprint density at radius 2 is 1.79 bits per heavy atom. The first kappa shape index (κ1) is 12.5. The van der Waals surface area contributed by atoms with Crippen molar-refractivity contribution in [2.75, 3.05) is 25.0 Å². The van der Waals surface area contributed by atoms with Gasteiger partial charge in [-0.05, 0) is 42.9 Å². The standard InChI is InChI=1S/C16H17ClN2/c1-18-9-10-19(15-5-3-2-4-6-15)16-8-7-14(17)11-13(16)12-18/h2-8,11H,9-10,12H2,1H3. The maximum Gasteiger partial charge on any atom is 0.0457 e. The van der Waals surface area contributed by atoms with Crippen LogP contribution in [0.1, 0.15) is 5.56 Å². The summed E-state index contributed by atoms with van der Waals surface area (Å²) in [5.74, 6) is 0. The molecule has 0 aromatic heterocycles. The van der Waals surface area contributed by atoms with Gasteiger partial charge in [0.15, 0.2) is 0 Å². The number of fused-ring (bicyclic) bond motifs is 1. The molecule has 1 heterocycles. The molecule has 2 aromatic rings. The Bertz CT molecular complexity index is 568.